The Balaban J connectivity index is 1.78. The maximum Gasteiger partial charge on any atom is 0.298 e. The minimum atomic E-state index is -5.13. The molecule has 0 heterocycles. The fourth-order valence-electron chi connectivity index (χ4n) is 5.01. The summed E-state index contributed by atoms with van der Waals surface area (Å²) in [4.78, 5) is 10.2. The molecule has 4 aromatic rings. The SMILES string of the molecule is CCCC(O)C(=O)Cc1ccc(-c2ccc(-c3ccc4c(S(=O)(=O)O)cc(S(=O)(=O)O)c(O)c4c3O)c(C)c2)cc1C. The number of rotatable bonds is 9. The summed E-state index contributed by atoms with van der Waals surface area (Å²) in [5.41, 5.74) is 4.62. The van der Waals surface area contributed by atoms with E-state index < -0.39 is 53.0 Å². The highest BCUT2D eigenvalue weighted by molar-refractivity contribution is 7.86. The summed E-state index contributed by atoms with van der Waals surface area (Å²) < 4.78 is 66.8. The van der Waals surface area contributed by atoms with Crippen LogP contribution in [0.15, 0.2) is 64.4 Å². The van der Waals surface area contributed by atoms with Gasteiger partial charge in [-0.3, -0.25) is 13.9 Å². The third kappa shape index (κ3) is 6.03. The van der Waals surface area contributed by atoms with Crippen molar-refractivity contribution in [1.82, 2.24) is 0 Å². The number of Topliss-reactive ketones (excluding diaryl/α,β-unsaturated/α-hetero) is 1. The number of phenols is 2. The number of aliphatic hydroxyl groups excluding tert-OH is 1. The predicted octanol–water partition coefficient (Wildman–Crippen LogP) is 4.97. The van der Waals surface area contributed by atoms with Crippen molar-refractivity contribution >= 4 is 36.8 Å². The van der Waals surface area contributed by atoms with Crippen molar-refractivity contribution < 1.29 is 46.1 Å². The van der Waals surface area contributed by atoms with E-state index in [4.69, 9.17) is 0 Å². The fraction of sp³-hybridized carbons (Fsp3) is 0.233. The molecule has 0 saturated heterocycles. The Morgan fingerprint density at radius 3 is 1.88 bits per heavy atom. The topological polar surface area (TPSA) is 186 Å². The van der Waals surface area contributed by atoms with Crippen molar-refractivity contribution in [1.29, 1.82) is 0 Å². The van der Waals surface area contributed by atoms with Crippen LogP contribution in [0, 0.1) is 13.8 Å². The molecule has 0 amide bonds. The Bertz CT molecular complexity index is 1950. The van der Waals surface area contributed by atoms with Gasteiger partial charge in [-0.15, -0.1) is 0 Å². The van der Waals surface area contributed by atoms with Gasteiger partial charge in [-0.1, -0.05) is 55.8 Å². The van der Waals surface area contributed by atoms with Crippen LogP contribution < -0.4 is 0 Å². The Morgan fingerprint density at radius 1 is 0.762 bits per heavy atom. The summed E-state index contributed by atoms with van der Waals surface area (Å²) >= 11 is 0. The van der Waals surface area contributed by atoms with Gasteiger partial charge in [0.1, 0.15) is 27.4 Å². The zero-order valence-corrected chi connectivity index (χ0v) is 24.6. The molecule has 0 fully saturated rings. The summed E-state index contributed by atoms with van der Waals surface area (Å²) in [5.74, 6) is -1.97. The summed E-state index contributed by atoms with van der Waals surface area (Å²) in [6, 6.07) is 13.9. The molecule has 0 spiro atoms. The van der Waals surface area contributed by atoms with Crippen LogP contribution in [0.2, 0.25) is 0 Å². The maximum absolute atomic E-state index is 12.3. The van der Waals surface area contributed by atoms with E-state index in [1.54, 1.807) is 19.1 Å². The summed E-state index contributed by atoms with van der Waals surface area (Å²) in [7, 11) is -10.2. The van der Waals surface area contributed by atoms with Crippen LogP contribution in [0.5, 0.6) is 11.5 Å². The number of carbonyl (C=O) groups excluding carboxylic acids is 1. The molecule has 1 unspecified atom stereocenters. The molecule has 0 aromatic heterocycles. The van der Waals surface area contributed by atoms with Crippen LogP contribution in [0.3, 0.4) is 0 Å². The van der Waals surface area contributed by atoms with Crippen molar-refractivity contribution in [2.75, 3.05) is 0 Å². The quantitative estimate of drug-likeness (QED) is 0.161. The van der Waals surface area contributed by atoms with Crippen LogP contribution in [0.4, 0.5) is 0 Å². The van der Waals surface area contributed by atoms with Gasteiger partial charge in [-0.25, -0.2) is 0 Å². The monoisotopic (exact) mass is 614 g/mol. The molecule has 0 aliphatic carbocycles. The second-order valence-electron chi connectivity index (χ2n) is 10.2. The predicted molar refractivity (Wildman–Crippen MR) is 157 cm³/mol. The molecule has 42 heavy (non-hydrogen) atoms. The molecule has 0 bridgehead atoms. The standard InChI is InChI=1S/C30H30O10S2/c1-4-5-24(31)25(32)14-18-6-7-19(12-16(18)2)20-8-9-21(17(3)13-20)22-10-11-23-26(41(35,36)37)15-27(42(38,39)40)30(34)28(23)29(22)33/h6-13,15,24,31,33-34H,4-5,14H2,1-3H3,(H,35,36,37)(H,38,39,40). The number of aromatic hydroxyl groups is 2. The van der Waals surface area contributed by atoms with Crippen LogP contribution in [0.1, 0.15) is 36.5 Å². The number of aliphatic hydroxyl groups is 1. The molecule has 0 radical (unpaired) electrons. The van der Waals surface area contributed by atoms with Crippen molar-refractivity contribution in [3.8, 4) is 33.8 Å². The lowest BCUT2D eigenvalue weighted by molar-refractivity contribution is -0.126. The summed E-state index contributed by atoms with van der Waals surface area (Å²) in [6.07, 6.45) is 0.252. The van der Waals surface area contributed by atoms with E-state index in [-0.39, 0.29) is 23.2 Å². The molecule has 5 N–H and O–H groups in total. The van der Waals surface area contributed by atoms with Crippen LogP contribution in [-0.2, 0) is 31.5 Å². The molecule has 4 rings (SSSR count). The number of hydrogen-bond donors (Lipinski definition) is 5. The number of fused-ring (bicyclic) bond motifs is 1. The van der Waals surface area contributed by atoms with Crippen LogP contribution in [-0.4, -0.2) is 53.1 Å². The molecule has 12 heteroatoms. The first kappa shape index (κ1) is 31.1. The van der Waals surface area contributed by atoms with Crippen LogP contribution >= 0.6 is 0 Å². The second-order valence-corrected chi connectivity index (χ2v) is 13.0. The first-order valence-electron chi connectivity index (χ1n) is 12.9. The highest BCUT2D eigenvalue weighted by Crippen LogP contribution is 2.46. The Hall–Kier alpha value is -3.81. The van der Waals surface area contributed by atoms with E-state index in [0.29, 0.717) is 30.0 Å². The first-order valence-corrected chi connectivity index (χ1v) is 15.8. The van der Waals surface area contributed by atoms with Gasteiger partial charge in [-0.2, -0.15) is 16.8 Å². The van der Waals surface area contributed by atoms with Crippen LogP contribution in [0.25, 0.3) is 33.0 Å². The normalized spacial score (nSPS) is 12.9. The minimum absolute atomic E-state index is 0.123. The Morgan fingerprint density at radius 2 is 1.33 bits per heavy atom. The lowest BCUT2D eigenvalue weighted by Crippen LogP contribution is -2.22. The van der Waals surface area contributed by atoms with Crippen molar-refractivity contribution in [2.24, 2.45) is 0 Å². The molecule has 0 saturated carbocycles. The van der Waals surface area contributed by atoms with E-state index in [1.165, 1.54) is 12.1 Å². The van der Waals surface area contributed by atoms with E-state index in [9.17, 15) is 46.1 Å². The highest BCUT2D eigenvalue weighted by atomic mass is 32.2. The van der Waals surface area contributed by atoms with Gasteiger partial charge >= 0.3 is 0 Å². The molecule has 222 valence electrons. The second kappa shape index (κ2) is 11.5. The van der Waals surface area contributed by atoms with Gasteiger partial charge in [0.2, 0.25) is 0 Å². The van der Waals surface area contributed by atoms with E-state index in [2.05, 4.69) is 0 Å². The average molecular weight is 615 g/mol. The average Bonchev–Trinajstić information content (AvgIpc) is 2.89. The Kier molecular flexibility index (Phi) is 8.50. The van der Waals surface area contributed by atoms with Gasteiger partial charge < -0.3 is 15.3 Å². The number of hydrogen-bond acceptors (Lipinski definition) is 8. The molecule has 0 aliphatic rings. The molecular weight excluding hydrogens is 584 g/mol. The zero-order valence-electron chi connectivity index (χ0n) is 23.0. The van der Waals surface area contributed by atoms with Gasteiger partial charge in [-0.05, 0) is 65.8 Å². The lowest BCUT2D eigenvalue weighted by atomic mass is 9.91. The van der Waals surface area contributed by atoms with Gasteiger partial charge in [0, 0.05) is 17.4 Å². The third-order valence-electron chi connectivity index (χ3n) is 7.22. The number of phenolic OH excluding ortho intramolecular Hbond substituents is 2. The molecule has 1 atom stereocenters. The lowest BCUT2D eigenvalue weighted by Gasteiger charge is -2.16. The smallest absolute Gasteiger partial charge is 0.298 e. The van der Waals surface area contributed by atoms with Crippen molar-refractivity contribution in [3.05, 3.63) is 71.3 Å². The van der Waals surface area contributed by atoms with E-state index in [0.717, 1.165) is 22.3 Å². The summed E-state index contributed by atoms with van der Waals surface area (Å²) in [5, 5.41) is 30.8. The highest BCUT2D eigenvalue weighted by Gasteiger charge is 2.28. The number of benzene rings is 4. The molecular formula is C30H30O10S2. The zero-order chi connectivity index (χ0) is 31.1. The third-order valence-corrected chi connectivity index (χ3v) is 8.98. The fourth-order valence-corrected chi connectivity index (χ4v) is 6.41. The largest absolute Gasteiger partial charge is 0.507 e. The summed E-state index contributed by atoms with van der Waals surface area (Å²) in [6.45, 7) is 5.53. The molecule has 10 nitrogen and oxygen atoms in total. The minimum Gasteiger partial charge on any atom is -0.507 e. The van der Waals surface area contributed by atoms with E-state index in [1.807, 2.05) is 38.1 Å². The van der Waals surface area contributed by atoms with Gasteiger partial charge in [0.05, 0.1) is 5.39 Å². The Labute approximate surface area is 243 Å². The van der Waals surface area contributed by atoms with Crippen molar-refractivity contribution in [3.63, 3.8) is 0 Å². The van der Waals surface area contributed by atoms with E-state index >= 15 is 0 Å². The number of aryl methyl sites for hydroxylation is 2. The van der Waals surface area contributed by atoms with Crippen molar-refractivity contribution in [2.45, 2.75) is 55.9 Å². The van der Waals surface area contributed by atoms with Gasteiger partial charge in [0.25, 0.3) is 20.2 Å². The number of ketones is 1. The molecule has 0 aliphatic heterocycles. The first-order chi connectivity index (χ1) is 19.5. The van der Waals surface area contributed by atoms with Gasteiger partial charge in [0.15, 0.2) is 5.78 Å². The maximum atomic E-state index is 12.3. The molecule has 4 aromatic carbocycles. The number of carbonyl (C=O) groups is 1.